The molecule has 0 aliphatic heterocycles. The third-order valence-electron chi connectivity index (χ3n) is 3.77. The maximum absolute atomic E-state index is 13.7. The quantitative estimate of drug-likeness (QED) is 0.790. The fourth-order valence-corrected chi connectivity index (χ4v) is 2.92. The molecule has 0 spiro atoms. The Hall–Kier alpha value is -1.25. The van der Waals surface area contributed by atoms with Crippen molar-refractivity contribution in [1.29, 1.82) is 0 Å². The summed E-state index contributed by atoms with van der Waals surface area (Å²) in [6.07, 6.45) is 1.86. The molecule has 3 rings (SSSR count). The van der Waals surface area contributed by atoms with Gasteiger partial charge in [-0.2, -0.15) is 0 Å². The molecule has 1 aliphatic carbocycles. The summed E-state index contributed by atoms with van der Waals surface area (Å²) >= 11 is 11.9. The summed E-state index contributed by atoms with van der Waals surface area (Å²) in [5.41, 5.74) is 1.77. The molecule has 1 aliphatic rings. The van der Waals surface area contributed by atoms with Crippen LogP contribution in [0, 0.1) is 5.82 Å². The van der Waals surface area contributed by atoms with Gasteiger partial charge in [0.05, 0.1) is 10.0 Å². The second kappa shape index (κ2) is 5.63. The highest BCUT2D eigenvalue weighted by Gasteiger charge is 2.31. The highest BCUT2D eigenvalue weighted by molar-refractivity contribution is 6.42. The Morgan fingerprint density at radius 2 is 1.75 bits per heavy atom. The maximum Gasteiger partial charge on any atom is 0.126 e. The summed E-state index contributed by atoms with van der Waals surface area (Å²) in [4.78, 5) is 0. The van der Waals surface area contributed by atoms with E-state index in [4.69, 9.17) is 23.2 Å². The minimum absolute atomic E-state index is 0.106. The van der Waals surface area contributed by atoms with Crippen LogP contribution in [0.2, 0.25) is 10.0 Å². The normalized spacial score (nSPS) is 21.4. The van der Waals surface area contributed by atoms with E-state index >= 15 is 0 Å². The lowest BCUT2D eigenvalue weighted by Gasteiger charge is -2.37. The van der Waals surface area contributed by atoms with Crippen molar-refractivity contribution in [2.75, 3.05) is 5.32 Å². The molecule has 0 saturated heterocycles. The van der Waals surface area contributed by atoms with Gasteiger partial charge >= 0.3 is 0 Å². The van der Waals surface area contributed by atoms with Crippen molar-refractivity contribution in [2.24, 2.45) is 0 Å². The molecule has 20 heavy (non-hydrogen) atoms. The second-order valence-corrected chi connectivity index (χ2v) is 5.97. The molecule has 0 unspecified atom stereocenters. The average molecular weight is 310 g/mol. The molecule has 104 valence electrons. The molecule has 0 atom stereocenters. The predicted molar refractivity (Wildman–Crippen MR) is 82.2 cm³/mol. The first-order valence-electron chi connectivity index (χ1n) is 6.59. The van der Waals surface area contributed by atoms with E-state index in [1.807, 2.05) is 24.3 Å². The second-order valence-electron chi connectivity index (χ2n) is 5.16. The first kappa shape index (κ1) is 13.7. The van der Waals surface area contributed by atoms with Crippen LogP contribution in [0.3, 0.4) is 0 Å². The smallest absolute Gasteiger partial charge is 0.126 e. The third-order valence-corrected chi connectivity index (χ3v) is 4.51. The highest BCUT2D eigenvalue weighted by atomic mass is 35.5. The predicted octanol–water partition coefficient (Wildman–Crippen LogP) is 5.49. The molecule has 2 aromatic rings. The Bertz CT molecular complexity index is 624. The number of hydrogen-bond donors (Lipinski definition) is 1. The van der Waals surface area contributed by atoms with Crippen molar-refractivity contribution >= 4 is 28.9 Å². The monoisotopic (exact) mass is 309 g/mol. The van der Waals surface area contributed by atoms with Crippen LogP contribution in [0.15, 0.2) is 42.5 Å². The number of rotatable bonds is 3. The van der Waals surface area contributed by atoms with Gasteiger partial charge in [0.2, 0.25) is 0 Å². The summed E-state index contributed by atoms with van der Waals surface area (Å²) < 4.78 is 13.7. The van der Waals surface area contributed by atoms with Crippen LogP contribution in [-0.2, 0) is 0 Å². The minimum Gasteiger partial charge on any atom is -0.382 e. The van der Waals surface area contributed by atoms with Gasteiger partial charge in [-0.1, -0.05) is 41.4 Å². The van der Waals surface area contributed by atoms with Crippen molar-refractivity contribution in [2.45, 2.75) is 24.8 Å². The van der Waals surface area contributed by atoms with E-state index in [2.05, 4.69) is 5.32 Å². The van der Waals surface area contributed by atoms with Crippen LogP contribution >= 0.6 is 23.2 Å². The van der Waals surface area contributed by atoms with E-state index < -0.39 is 0 Å². The molecule has 1 fully saturated rings. The maximum atomic E-state index is 13.7. The van der Waals surface area contributed by atoms with Gasteiger partial charge in [0.1, 0.15) is 5.82 Å². The van der Waals surface area contributed by atoms with Gasteiger partial charge in [-0.05, 0) is 48.6 Å². The SMILES string of the molecule is Fc1ccccc1C1CC(Nc2ccc(Cl)c(Cl)c2)C1. The van der Waals surface area contributed by atoms with Gasteiger partial charge in [0, 0.05) is 11.7 Å². The van der Waals surface area contributed by atoms with Gasteiger partial charge < -0.3 is 5.32 Å². The van der Waals surface area contributed by atoms with E-state index in [9.17, 15) is 4.39 Å². The molecule has 4 heteroatoms. The molecule has 2 aromatic carbocycles. The van der Waals surface area contributed by atoms with Gasteiger partial charge in [-0.15, -0.1) is 0 Å². The van der Waals surface area contributed by atoms with Gasteiger partial charge in [-0.25, -0.2) is 4.39 Å². The Morgan fingerprint density at radius 1 is 1.00 bits per heavy atom. The fourth-order valence-electron chi connectivity index (χ4n) is 2.62. The first-order valence-corrected chi connectivity index (χ1v) is 7.35. The molecule has 0 radical (unpaired) electrons. The summed E-state index contributed by atoms with van der Waals surface area (Å²) in [6.45, 7) is 0. The molecule has 0 bridgehead atoms. The summed E-state index contributed by atoms with van der Waals surface area (Å²) in [7, 11) is 0. The lowest BCUT2D eigenvalue weighted by atomic mass is 9.75. The molecule has 1 nitrogen and oxygen atoms in total. The number of nitrogens with one attached hydrogen (secondary N) is 1. The van der Waals surface area contributed by atoms with E-state index in [0.29, 0.717) is 22.0 Å². The van der Waals surface area contributed by atoms with Crippen LogP contribution in [0.1, 0.15) is 24.3 Å². The van der Waals surface area contributed by atoms with Crippen LogP contribution in [0.25, 0.3) is 0 Å². The van der Waals surface area contributed by atoms with Crippen molar-refractivity contribution in [3.63, 3.8) is 0 Å². The van der Waals surface area contributed by atoms with Gasteiger partial charge in [0.15, 0.2) is 0 Å². The van der Waals surface area contributed by atoms with Crippen molar-refractivity contribution in [3.05, 3.63) is 63.9 Å². The first-order chi connectivity index (χ1) is 9.63. The molecule has 0 aromatic heterocycles. The number of hydrogen-bond acceptors (Lipinski definition) is 1. The Balaban J connectivity index is 1.61. The van der Waals surface area contributed by atoms with Crippen LogP contribution in [0.5, 0.6) is 0 Å². The van der Waals surface area contributed by atoms with Gasteiger partial charge in [0.25, 0.3) is 0 Å². The molecule has 1 N–H and O–H groups in total. The zero-order valence-corrected chi connectivity index (χ0v) is 12.3. The molecule has 1 saturated carbocycles. The van der Waals surface area contributed by atoms with Crippen LogP contribution in [-0.4, -0.2) is 6.04 Å². The Labute approximate surface area is 127 Å². The molecular formula is C16H14Cl2FN. The minimum atomic E-state index is -0.106. The van der Waals surface area contributed by atoms with E-state index in [0.717, 1.165) is 24.1 Å². The van der Waals surface area contributed by atoms with Crippen LogP contribution < -0.4 is 5.32 Å². The summed E-state index contributed by atoms with van der Waals surface area (Å²) in [5.74, 6) is 0.196. The zero-order chi connectivity index (χ0) is 14.1. The van der Waals surface area contributed by atoms with E-state index in [1.54, 1.807) is 12.1 Å². The topological polar surface area (TPSA) is 12.0 Å². The van der Waals surface area contributed by atoms with E-state index in [-0.39, 0.29) is 5.82 Å². The fraction of sp³-hybridized carbons (Fsp3) is 0.250. The molecular weight excluding hydrogens is 296 g/mol. The Morgan fingerprint density at radius 3 is 2.45 bits per heavy atom. The van der Waals surface area contributed by atoms with Crippen molar-refractivity contribution < 1.29 is 4.39 Å². The van der Waals surface area contributed by atoms with Crippen molar-refractivity contribution in [1.82, 2.24) is 0 Å². The van der Waals surface area contributed by atoms with Crippen molar-refractivity contribution in [3.8, 4) is 0 Å². The standard InChI is InChI=1S/C16H14Cl2FN/c17-14-6-5-11(9-15(14)18)20-12-7-10(8-12)13-3-1-2-4-16(13)19/h1-6,9-10,12,20H,7-8H2. The van der Waals surface area contributed by atoms with E-state index in [1.165, 1.54) is 6.07 Å². The lowest BCUT2D eigenvalue weighted by molar-refractivity contribution is 0.363. The third kappa shape index (κ3) is 2.77. The number of halogens is 3. The number of benzene rings is 2. The molecule has 0 amide bonds. The Kier molecular flexibility index (Phi) is 3.86. The summed E-state index contributed by atoms with van der Waals surface area (Å²) in [5, 5.41) is 4.49. The largest absolute Gasteiger partial charge is 0.382 e. The van der Waals surface area contributed by atoms with Gasteiger partial charge in [-0.3, -0.25) is 0 Å². The molecule has 0 heterocycles. The lowest BCUT2D eigenvalue weighted by Crippen LogP contribution is -2.34. The highest BCUT2D eigenvalue weighted by Crippen LogP contribution is 2.39. The summed E-state index contributed by atoms with van der Waals surface area (Å²) in [6, 6.07) is 12.9. The number of anilines is 1. The van der Waals surface area contributed by atoms with Crippen LogP contribution in [0.4, 0.5) is 10.1 Å². The zero-order valence-electron chi connectivity index (χ0n) is 10.7. The average Bonchev–Trinajstić information content (AvgIpc) is 2.39.